The second-order valence-corrected chi connectivity index (χ2v) is 5.26. The molecule has 22 heavy (non-hydrogen) atoms. The van der Waals surface area contributed by atoms with Crippen LogP contribution >= 0.6 is 15.9 Å². The number of aromatic nitrogens is 4. The summed E-state index contributed by atoms with van der Waals surface area (Å²) in [6.45, 7) is 2.52. The van der Waals surface area contributed by atoms with Gasteiger partial charge in [0.25, 0.3) is 0 Å². The SMILES string of the molecule is CCOc1nc(N)c2nc(Br)n(Cc3ccccc3F)c2n1. The van der Waals surface area contributed by atoms with Crippen LogP contribution in [0.2, 0.25) is 0 Å². The van der Waals surface area contributed by atoms with Gasteiger partial charge < -0.3 is 10.5 Å². The van der Waals surface area contributed by atoms with Crippen molar-refractivity contribution in [2.24, 2.45) is 0 Å². The lowest BCUT2D eigenvalue weighted by atomic mass is 10.2. The number of benzene rings is 1. The topological polar surface area (TPSA) is 78.9 Å². The second kappa shape index (κ2) is 5.88. The van der Waals surface area contributed by atoms with Gasteiger partial charge in [-0.1, -0.05) is 18.2 Å². The zero-order valence-corrected chi connectivity index (χ0v) is 13.3. The smallest absolute Gasteiger partial charge is 0.320 e. The summed E-state index contributed by atoms with van der Waals surface area (Å²) in [5.41, 5.74) is 7.36. The van der Waals surface area contributed by atoms with Crippen molar-refractivity contribution in [3.8, 4) is 6.01 Å². The molecule has 2 heterocycles. The Morgan fingerprint density at radius 3 is 2.77 bits per heavy atom. The molecular formula is C14H13BrFN5O. The maximum absolute atomic E-state index is 13.9. The molecule has 2 N–H and O–H groups in total. The summed E-state index contributed by atoms with van der Waals surface area (Å²) in [5, 5.41) is 0. The van der Waals surface area contributed by atoms with E-state index in [-0.39, 0.29) is 24.2 Å². The van der Waals surface area contributed by atoms with E-state index in [9.17, 15) is 4.39 Å². The number of fused-ring (bicyclic) bond motifs is 1. The van der Waals surface area contributed by atoms with Crippen molar-refractivity contribution in [1.29, 1.82) is 0 Å². The van der Waals surface area contributed by atoms with E-state index >= 15 is 0 Å². The molecule has 0 spiro atoms. The molecule has 0 unspecified atom stereocenters. The average molecular weight is 366 g/mol. The first-order valence-corrected chi connectivity index (χ1v) is 7.45. The van der Waals surface area contributed by atoms with Gasteiger partial charge in [-0.05, 0) is 28.9 Å². The Labute approximate surface area is 134 Å². The van der Waals surface area contributed by atoms with Gasteiger partial charge in [-0.25, -0.2) is 9.37 Å². The van der Waals surface area contributed by atoms with E-state index in [1.165, 1.54) is 6.07 Å². The molecule has 0 aliphatic rings. The van der Waals surface area contributed by atoms with Crippen LogP contribution in [0.15, 0.2) is 29.0 Å². The van der Waals surface area contributed by atoms with E-state index in [4.69, 9.17) is 10.5 Å². The molecule has 0 aliphatic carbocycles. The minimum atomic E-state index is -0.289. The van der Waals surface area contributed by atoms with Crippen LogP contribution in [0.25, 0.3) is 11.2 Å². The third kappa shape index (κ3) is 2.61. The van der Waals surface area contributed by atoms with E-state index in [2.05, 4.69) is 30.9 Å². The van der Waals surface area contributed by atoms with Crippen LogP contribution in [-0.4, -0.2) is 26.1 Å². The highest BCUT2D eigenvalue weighted by molar-refractivity contribution is 9.10. The number of nitrogens with zero attached hydrogens (tertiary/aromatic N) is 4. The quantitative estimate of drug-likeness (QED) is 0.719. The first-order chi connectivity index (χ1) is 10.6. The molecule has 0 saturated carbocycles. The minimum absolute atomic E-state index is 0.176. The highest BCUT2D eigenvalue weighted by Crippen LogP contribution is 2.25. The lowest BCUT2D eigenvalue weighted by molar-refractivity contribution is 0.314. The molecule has 3 aromatic rings. The summed E-state index contributed by atoms with van der Waals surface area (Å²) in [4.78, 5) is 12.6. The Morgan fingerprint density at radius 2 is 2.05 bits per heavy atom. The first kappa shape index (κ1) is 14.7. The van der Waals surface area contributed by atoms with Gasteiger partial charge in [-0.15, -0.1) is 0 Å². The number of rotatable bonds is 4. The second-order valence-electron chi connectivity index (χ2n) is 4.56. The maximum atomic E-state index is 13.9. The number of imidazole rings is 1. The number of hydrogen-bond acceptors (Lipinski definition) is 5. The summed E-state index contributed by atoms with van der Waals surface area (Å²) in [6, 6.07) is 6.72. The van der Waals surface area contributed by atoms with Gasteiger partial charge in [0.15, 0.2) is 21.7 Å². The molecule has 0 radical (unpaired) electrons. The molecule has 0 fully saturated rings. The van der Waals surface area contributed by atoms with Crippen LogP contribution < -0.4 is 10.5 Å². The molecule has 6 nitrogen and oxygen atoms in total. The van der Waals surface area contributed by atoms with Gasteiger partial charge in [-0.3, -0.25) is 4.57 Å². The molecular weight excluding hydrogens is 353 g/mol. The van der Waals surface area contributed by atoms with Crippen molar-refractivity contribution < 1.29 is 9.13 Å². The zero-order chi connectivity index (χ0) is 15.7. The molecule has 8 heteroatoms. The Bertz CT molecular complexity index is 835. The Balaban J connectivity index is 2.12. The molecule has 114 valence electrons. The maximum Gasteiger partial charge on any atom is 0.320 e. The Kier molecular flexibility index (Phi) is 3.93. The third-order valence-electron chi connectivity index (χ3n) is 3.11. The average Bonchev–Trinajstić information content (AvgIpc) is 2.79. The molecule has 0 amide bonds. The summed E-state index contributed by atoms with van der Waals surface area (Å²) in [7, 11) is 0. The lowest BCUT2D eigenvalue weighted by Gasteiger charge is -2.08. The molecule has 0 atom stereocenters. The number of anilines is 1. The standard InChI is InChI=1S/C14H13BrFN5O/c1-2-22-14-19-11(17)10-12(20-14)21(13(15)18-10)7-8-5-3-4-6-9(8)16/h3-6H,2,7H2,1H3,(H2,17,19,20). The van der Waals surface area contributed by atoms with E-state index in [1.807, 2.05) is 6.92 Å². The zero-order valence-electron chi connectivity index (χ0n) is 11.8. The molecule has 0 saturated heterocycles. The normalized spacial score (nSPS) is 11.0. The molecule has 0 aliphatic heterocycles. The molecule has 0 bridgehead atoms. The summed E-state index contributed by atoms with van der Waals surface area (Å²) in [6.07, 6.45) is 0. The van der Waals surface area contributed by atoms with Crippen molar-refractivity contribution in [2.45, 2.75) is 13.5 Å². The molecule has 1 aromatic carbocycles. The summed E-state index contributed by atoms with van der Waals surface area (Å²) < 4.78 is 21.4. The van der Waals surface area contributed by atoms with Crippen molar-refractivity contribution in [1.82, 2.24) is 19.5 Å². The van der Waals surface area contributed by atoms with Crippen molar-refractivity contribution in [3.05, 3.63) is 40.4 Å². The molecule has 3 rings (SSSR count). The van der Waals surface area contributed by atoms with Crippen LogP contribution in [-0.2, 0) is 6.54 Å². The number of ether oxygens (including phenoxy) is 1. The van der Waals surface area contributed by atoms with E-state index < -0.39 is 0 Å². The number of nitrogens with two attached hydrogens (primary N) is 1. The highest BCUT2D eigenvalue weighted by atomic mass is 79.9. The van der Waals surface area contributed by atoms with Crippen molar-refractivity contribution >= 4 is 32.9 Å². The fourth-order valence-electron chi connectivity index (χ4n) is 2.11. The fraction of sp³-hybridized carbons (Fsp3) is 0.214. The van der Waals surface area contributed by atoms with E-state index in [1.54, 1.807) is 22.8 Å². The van der Waals surface area contributed by atoms with Gasteiger partial charge in [0.05, 0.1) is 13.2 Å². The third-order valence-corrected chi connectivity index (χ3v) is 3.72. The van der Waals surface area contributed by atoms with E-state index in [0.717, 1.165) is 0 Å². The van der Waals surface area contributed by atoms with Crippen LogP contribution in [0, 0.1) is 5.82 Å². The predicted molar refractivity (Wildman–Crippen MR) is 84.1 cm³/mol. The monoisotopic (exact) mass is 365 g/mol. The summed E-state index contributed by atoms with van der Waals surface area (Å²) in [5.74, 6) is -0.0651. The van der Waals surface area contributed by atoms with Crippen molar-refractivity contribution in [3.63, 3.8) is 0 Å². The Hall–Kier alpha value is -2.22. The van der Waals surface area contributed by atoms with Gasteiger partial charge in [0.2, 0.25) is 0 Å². The van der Waals surface area contributed by atoms with E-state index in [0.29, 0.717) is 28.1 Å². The largest absolute Gasteiger partial charge is 0.464 e. The van der Waals surface area contributed by atoms with Crippen LogP contribution in [0.5, 0.6) is 6.01 Å². The van der Waals surface area contributed by atoms with Gasteiger partial charge in [0, 0.05) is 5.56 Å². The highest BCUT2D eigenvalue weighted by Gasteiger charge is 2.17. The van der Waals surface area contributed by atoms with Gasteiger partial charge >= 0.3 is 6.01 Å². The Morgan fingerprint density at radius 1 is 1.27 bits per heavy atom. The van der Waals surface area contributed by atoms with Crippen LogP contribution in [0.4, 0.5) is 10.2 Å². The first-order valence-electron chi connectivity index (χ1n) is 6.65. The van der Waals surface area contributed by atoms with Crippen molar-refractivity contribution in [2.75, 3.05) is 12.3 Å². The number of hydrogen-bond donors (Lipinski definition) is 1. The van der Waals surface area contributed by atoms with Crippen LogP contribution in [0.1, 0.15) is 12.5 Å². The fourth-order valence-corrected chi connectivity index (χ4v) is 2.58. The minimum Gasteiger partial charge on any atom is -0.464 e. The summed E-state index contributed by atoms with van der Waals surface area (Å²) >= 11 is 3.35. The number of halogens is 2. The van der Waals surface area contributed by atoms with Gasteiger partial charge in [0.1, 0.15) is 5.82 Å². The van der Waals surface area contributed by atoms with Gasteiger partial charge in [-0.2, -0.15) is 9.97 Å². The van der Waals surface area contributed by atoms with Crippen LogP contribution in [0.3, 0.4) is 0 Å². The molecule has 2 aromatic heterocycles. The lowest BCUT2D eigenvalue weighted by Crippen LogP contribution is -2.06. The number of nitrogen functional groups attached to an aromatic ring is 1. The predicted octanol–water partition coefficient (Wildman–Crippen LogP) is 2.76.